The zero-order valence-electron chi connectivity index (χ0n) is 15.4. The number of nitrogens with zero attached hydrogens (tertiary/aromatic N) is 1. The highest BCUT2D eigenvalue weighted by Gasteiger charge is 2.09. The van der Waals surface area contributed by atoms with Gasteiger partial charge in [-0.1, -0.05) is 54.6 Å². The number of nitrogens with one attached hydrogen (secondary N) is 2. The number of aromatic amines is 1. The lowest BCUT2D eigenvalue weighted by atomic mass is 10.1. The Bertz CT molecular complexity index is 1050. The van der Waals surface area contributed by atoms with Crippen molar-refractivity contribution in [3.8, 4) is 0 Å². The Hall–Kier alpha value is -3.11. The molecule has 27 heavy (non-hydrogen) atoms. The molecule has 4 heteroatoms. The summed E-state index contributed by atoms with van der Waals surface area (Å²) in [7, 11) is 2.07. The van der Waals surface area contributed by atoms with Gasteiger partial charge in [0.2, 0.25) is 0 Å². The minimum Gasteiger partial charge on any atom is -0.351 e. The maximum atomic E-state index is 12.3. The summed E-state index contributed by atoms with van der Waals surface area (Å²) < 4.78 is 0. The summed E-state index contributed by atoms with van der Waals surface area (Å²) in [4.78, 5) is 17.7. The molecule has 3 aromatic carbocycles. The molecule has 0 fully saturated rings. The monoisotopic (exact) mass is 357 g/mol. The summed E-state index contributed by atoms with van der Waals surface area (Å²) in [6.07, 6.45) is 0. The van der Waals surface area contributed by atoms with Crippen LogP contribution in [0.25, 0.3) is 21.7 Å². The number of para-hydroxylation sites is 1. The first-order chi connectivity index (χ1) is 13.2. The number of hydrogen-bond donors (Lipinski definition) is 2. The highest BCUT2D eigenvalue weighted by Crippen LogP contribution is 2.17. The number of benzene rings is 3. The van der Waals surface area contributed by atoms with Crippen LogP contribution < -0.4 is 5.32 Å². The largest absolute Gasteiger partial charge is 0.351 e. The van der Waals surface area contributed by atoms with Gasteiger partial charge < -0.3 is 15.2 Å². The van der Waals surface area contributed by atoms with E-state index in [-0.39, 0.29) is 5.91 Å². The van der Waals surface area contributed by atoms with Crippen LogP contribution in [0.1, 0.15) is 16.1 Å². The van der Waals surface area contributed by atoms with Crippen molar-refractivity contribution in [1.29, 1.82) is 0 Å². The number of amides is 1. The molecule has 136 valence electrons. The van der Waals surface area contributed by atoms with E-state index in [9.17, 15) is 4.79 Å². The number of carbonyl (C=O) groups excluding carboxylic acids is 1. The number of likely N-dealkylation sites (N-methyl/N-ethyl adjacent to an activating group) is 1. The number of aromatic nitrogens is 1. The maximum Gasteiger partial charge on any atom is 0.267 e. The Kier molecular flexibility index (Phi) is 4.90. The highest BCUT2D eigenvalue weighted by molar-refractivity contribution is 5.97. The van der Waals surface area contributed by atoms with Gasteiger partial charge in [0.05, 0.1) is 0 Å². The first-order valence-corrected chi connectivity index (χ1v) is 9.21. The van der Waals surface area contributed by atoms with E-state index in [1.54, 1.807) is 0 Å². The van der Waals surface area contributed by atoms with Crippen LogP contribution in [0.2, 0.25) is 0 Å². The molecule has 1 amide bonds. The third kappa shape index (κ3) is 4.01. The van der Waals surface area contributed by atoms with E-state index in [0.29, 0.717) is 12.2 Å². The summed E-state index contributed by atoms with van der Waals surface area (Å²) in [5.74, 6) is -0.0645. The number of fused-ring (bicyclic) bond motifs is 2. The van der Waals surface area contributed by atoms with Crippen LogP contribution in [-0.4, -0.2) is 35.9 Å². The van der Waals surface area contributed by atoms with Crippen molar-refractivity contribution >= 4 is 27.6 Å². The second-order valence-electron chi connectivity index (χ2n) is 6.95. The van der Waals surface area contributed by atoms with Crippen LogP contribution in [0.3, 0.4) is 0 Å². The minimum atomic E-state index is -0.0645. The van der Waals surface area contributed by atoms with Gasteiger partial charge in [-0.25, -0.2) is 0 Å². The number of rotatable bonds is 6. The van der Waals surface area contributed by atoms with Gasteiger partial charge >= 0.3 is 0 Å². The van der Waals surface area contributed by atoms with Crippen molar-refractivity contribution in [1.82, 2.24) is 15.2 Å². The zero-order chi connectivity index (χ0) is 18.6. The normalized spacial score (nSPS) is 11.3. The molecule has 0 saturated carbocycles. The number of H-pyrrole nitrogens is 1. The Morgan fingerprint density at radius 3 is 2.48 bits per heavy atom. The molecule has 0 aliphatic rings. The van der Waals surface area contributed by atoms with E-state index in [0.717, 1.165) is 24.0 Å². The van der Waals surface area contributed by atoms with Gasteiger partial charge in [-0.2, -0.15) is 0 Å². The first kappa shape index (κ1) is 17.3. The van der Waals surface area contributed by atoms with E-state index >= 15 is 0 Å². The van der Waals surface area contributed by atoms with Crippen LogP contribution in [-0.2, 0) is 6.54 Å². The van der Waals surface area contributed by atoms with Crippen LogP contribution in [0.15, 0.2) is 72.8 Å². The van der Waals surface area contributed by atoms with Crippen LogP contribution in [0.5, 0.6) is 0 Å². The SMILES string of the molecule is CN(CCNC(=O)c1cc2ccccc2[nH]1)Cc1ccc2ccccc2c1. The van der Waals surface area contributed by atoms with E-state index in [1.165, 1.54) is 16.3 Å². The molecule has 4 nitrogen and oxygen atoms in total. The zero-order valence-corrected chi connectivity index (χ0v) is 15.4. The molecule has 0 spiro atoms. The lowest BCUT2D eigenvalue weighted by Gasteiger charge is -2.17. The first-order valence-electron chi connectivity index (χ1n) is 9.21. The Morgan fingerprint density at radius 2 is 1.67 bits per heavy atom. The standard InChI is InChI=1S/C23H23N3O/c1-26(16-17-10-11-18-6-2-3-7-19(18)14-17)13-12-24-23(27)22-15-20-8-4-5-9-21(20)25-22/h2-11,14-15,25H,12-13,16H2,1H3,(H,24,27). The van der Waals surface area contributed by atoms with Crippen molar-refractivity contribution in [3.05, 3.63) is 84.1 Å². The quantitative estimate of drug-likeness (QED) is 0.544. The van der Waals surface area contributed by atoms with E-state index in [1.807, 2.05) is 30.3 Å². The molecule has 0 bridgehead atoms. The molecule has 4 rings (SSSR count). The fourth-order valence-electron chi connectivity index (χ4n) is 3.38. The van der Waals surface area contributed by atoms with Gasteiger partial charge in [0.25, 0.3) is 5.91 Å². The lowest BCUT2D eigenvalue weighted by molar-refractivity contribution is 0.0945. The fourth-order valence-corrected chi connectivity index (χ4v) is 3.38. The predicted molar refractivity (Wildman–Crippen MR) is 111 cm³/mol. The van der Waals surface area contributed by atoms with Gasteiger partial charge in [0, 0.05) is 30.5 Å². The Labute approximate surface area is 158 Å². The third-order valence-electron chi connectivity index (χ3n) is 4.82. The summed E-state index contributed by atoms with van der Waals surface area (Å²) in [5.41, 5.74) is 2.86. The summed E-state index contributed by atoms with van der Waals surface area (Å²) >= 11 is 0. The second-order valence-corrected chi connectivity index (χ2v) is 6.95. The lowest BCUT2D eigenvalue weighted by Crippen LogP contribution is -2.32. The molecule has 0 atom stereocenters. The smallest absolute Gasteiger partial charge is 0.267 e. The Balaban J connectivity index is 1.30. The average Bonchev–Trinajstić information content (AvgIpc) is 3.12. The van der Waals surface area contributed by atoms with Crippen molar-refractivity contribution in [3.63, 3.8) is 0 Å². The highest BCUT2D eigenvalue weighted by atomic mass is 16.1. The van der Waals surface area contributed by atoms with Crippen molar-refractivity contribution in [2.75, 3.05) is 20.1 Å². The van der Waals surface area contributed by atoms with E-state index in [4.69, 9.17) is 0 Å². The van der Waals surface area contributed by atoms with Crippen LogP contribution in [0.4, 0.5) is 0 Å². The molecule has 1 aromatic heterocycles. The van der Waals surface area contributed by atoms with Crippen molar-refractivity contribution in [2.24, 2.45) is 0 Å². The Morgan fingerprint density at radius 1 is 0.926 bits per heavy atom. The molecule has 0 saturated heterocycles. The van der Waals surface area contributed by atoms with Gasteiger partial charge in [0.1, 0.15) is 5.69 Å². The molecular weight excluding hydrogens is 334 g/mol. The molecule has 0 aliphatic heterocycles. The number of hydrogen-bond acceptors (Lipinski definition) is 2. The van der Waals surface area contributed by atoms with Crippen molar-refractivity contribution < 1.29 is 4.79 Å². The van der Waals surface area contributed by atoms with Gasteiger partial charge in [-0.15, -0.1) is 0 Å². The summed E-state index contributed by atoms with van der Waals surface area (Å²) in [6, 6.07) is 24.8. The maximum absolute atomic E-state index is 12.3. The molecule has 4 aromatic rings. The summed E-state index contributed by atoms with van der Waals surface area (Å²) in [5, 5.41) is 6.56. The van der Waals surface area contributed by atoms with Crippen LogP contribution in [0, 0.1) is 0 Å². The molecule has 1 heterocycles. The van der Waals surface area contributed by atoms with E-state index in [2.05, 4.69) is 64.7 Å². The fraction of sp³-hybridized carbons (Fsp3) is 0.174. The molecular formula is C23H23N3O. The van der Waals surface area contributed by atoms with Crippen LogP contribution >= 0.6 is 0 Å². The molecule has 0 aliphatic carbocycles. The van der Waals surface area contributed by atoms with Gasteiger partial charge in [0.15, 0.2) is 0 Å². The number of carbonyl (C=O) groups is 1. The van der Waals surface area contributed by atoms with Gasteiger partial charge in [-0.3, -0.25) is 4.79 Å². The third-order valence-corrected chi connectivity index (χ3v) is 4.82. The minimum absolute atomic E-state index is 0.0645. The second kappa shape index (κ2) is 7.64. The summed E-state index contributed by atoms with van der Waals surface area (Å²) in [6.45, 7) is 2.25. The van der Waals surface area contributed by atoms with Gasteiger partial charge in [-0.05, 0) is 41.6 Å². The molecule has 2 N–H and O–H groups in total. The van der Waals surface area contributed by atoms with Crippen molar-refractivity contribution in [2.45, 2.75) is 6.54 Å². The van der Waals surface area contributed by atoms with E-state index < -0.39 is 0 Å². The predicted octanol–water partition coefficient (Wildman–Crippen LogP) is 4.18. The average molecular weight is 357 g/mol. The molecule has 0 unspecified atom stereocenters. The molecule has 0 radical (unpaired) electrons. The topological polar surface area (TPSA) is 48.1 Å².